The molecule has 0 radical (unpaired) electrons. The van der Waals surface area contributed by atoms with Crippen LogP contribution in [0.15, 0.2) is 18.2 Å². The van der Waals surface area contributed by atoms with Gasteiger partial charge in [-0.2, -0.15) is 0 Å². The van der Waals surface area contributed by atoms with E-state index in [0.717, 1.165) is 12.3 Å². The van der Waals surface area contributed by atoms with E-state index in [2.05, 4.69) is 51.2 Å². The third-order valence-corrected chi connectivity index (χ3v) is 3.25. The summed E-state index contributed by atoms with van der Waals surface area (Å²) in [6.45, 7) is 9.89. The summed E-state index contributed by atoms with van der Waals surface area (Å²) in [7, 11) is 3.73. The lowest BCUT2D eigenvalue weighted by Gasteiger charge is -2.26. The number of hydrogen-bond acceptors (Lipinski definition) is 2. The Labute approximate surface area is 105 Å². The van der Waals surface area contributed by atoms with Crippen molar-refractivity contribution in [2.45, 2.75) is 39.0 Å². The quantitative estimate of drug-likeness (QED) is 0.845. The summed E-state index contributed by atoms with van der Waals surface area (Å²) < 4.78 is 5.42. The van der Waals surface area contributed by atoms with Gasteiger partial charge in [0, 0.05) is 12.0 Å². The molecule has 0 atom stereocenters. The van der Waals surface area contributed by atoms with Gasteiger partial charge in [-0.15, -0.1) is 0 Å². The number of ether oxygens (including phenoxy) is 1. The molecule has 96 valence electrons. The first-order valence-corrected chi connectivity index (χ1v) is 6.25. The first-order chi connectivity index (χ1) is 7.92. The van der Waals surface area contributed by atoms with Crippen molar-refractivity contribution < 1.29 is 4.74 Å². The maximum atomic E-state index is 5.42. The van der Waals surface area contributed by atoms with Gasteiger partial charge in [0.2, 0.25) is 0 Å². The minimum atomic E-state index is 0.144. The van der Waals surface area contributed by atoms with Gasteiger partial charge in [0.25, 0.3) is 0 Å². The van der Waals surface area contributed by atoms with E-state index < -0.39 is 0 Å². The molecule has 0 aromatic heterocycles. The molecule has 0 aliphatic heterocycles. The van der Waals surface area contributed by atoms with Crippen LogP contribution in [0, 0.1) is 0 Å². The Morgan fingerprint density at radius 2 is 1.94 bits per heavy atom. The van der Waals surface area contributed by atoms with E-state index in [1.165, 1.54) is 11.1 Å². The lowest BCUT2D eigenvalue weighted by molar-refractivity contribution is 0.406. The summed E-state index contributed by atoms with van der Waals surface area (Å²) in [6, 6.07) is 6.53. The second-order valence-electron chi connectivity index (χ2n) is 5.53. The molecule has 1 aromatic rings. The highest BCUT2D eigenvalue weighted by atomic mass is 16.5. The van der Waals surface area contributed by atoms with Gasteiger partial charge in [-0.1, -0.05) is 39.8 Å². The van der Waals surface area contributed by atoms with Gasteiger partial charge in [-0.3, -0.25) is 0 Å². The molecule has 0 bridgehead atoms. The molecule has 0 saturated heterocycles. The summed E-state index contributed by atoms with van der Waals surface area (Å²) in [5.74, 6) is 1.47. The van der Waals surface area contributed by atoms with E-state index in [4.69, 9.17) is 4.74 Å². The molecule has 1 N–H and O–H groups in total. The Morgan fingerprint density at radius 1 is 1.29 bits per heavy atom. The van der Waals surface area contributed by atoms with Crippen molar-refractivity contribution >= 4 is 0 Å². The van der Waals surface area contributed by atoms with Crippen molar-refractivity contribution in [1.82, 2.24) is 5.32 Å². The van der Waals surface area contributed by atoms with Crippen molar-refractivity contribution in [2.24, 2.45) is 0 Å². The van der Waals surface area contributed by atoms with Gasteiger partial charge in [0.15, 0.2) is 0 Å². The molecule has 0 unspecified atom stereocenters. The number of benzene rings is 1. The van der Waals surface area contributed by atoms with Gasteiger partial charge < -0.3 is 10.1 Å². The van der Waals surface area contributed by atoms with Crippen LogP contribution in [0.5, 0.6) is 5.75 Å². The van der Waals surface area contributed by atoms with E-state index in [1.54, 1.807) is 7.11 Å². The normalized spacial score (nSPS) is 11.9. The maximum Gasteiger partial charge on any atom is 0.122 e. The van der Waals surface area contributed by atoms with Gasteiger partial charge in [-0.05, 0) is 30.2 Å². The fourth-order valence-electron chi connectivity index (χ4n) is 2.15. The fraction of sp³-hybridized carbons (Fsp3) is 0.600. The van der Waals surface area contributed by atoms with Crippen LogP contribution < -0.4 is 10.1 Å². The molecular formula is C15H25NO. The smallest absolute Gasteiger partial charge is 0.122 e. The van der Waals surface area contributed by atoms with Crippen LogP contribution in [-0.4, -0.2) is 20.7 Å². The third-order valence-electron chi connectivity index (χ3n) is 3.25. The van der Waals surface area contributed by atoms with E-state index in [9.17, 15) is 0 Å². The predicted octanol–water partition coefficient (Wildman–Crippen LogP) is 3.32. The van der Waals surface area contributed by atoms with Crippen LogP contribution in [-0.2, 0) is 5.41 Å². The molecule has 0 aliphatic carbocycles. The highest BCUT2D eigenvalue weighted by Crippen LogP contribution is 2.32. The van der Waals surface area contributed by atoms with Crippen molar-refractivity contribution in [1.29, 1.82) is 0 Å². The largest absolute Gasteiger partial charge is 0.496 e. The molecule has 2 nitrogen and oxygen atoms in total. The lowest BCUT2D eigenvalue weighted by Crippen LogP contribution is -2.30. The SMILES string of the molecule is CNCC(C)(C)c1ccc(OC)c(C(C)C)c1. The monoisotopic (exact) mass is 235 g/mol. The molecule has 1 rings (SSSR count). The second-order valence-corrected chi connectivity index (χ2v) is 5.53. The summed E-state index contributed by atoms with van der Waals surface area (Å²) in [5, 5.41) is 3.25. The van der Waals surface area contributed by atoms with E-state index in [0.29, 0.717) is 5.92 Å². The van der Waals surface area contributed by atoms with Crippen LogP contribution in [0.4, 0.5) is 0 Å². The van der Waals surface area contributed by atoms with Crippen molar-refractivity contribution in [2.75, 3.05) is 20.7 Å². The van der Waals surface area contributed by atoms with Crippen LogP contribution >= 0.6 is 0 Å². The Balaban J connectivity index is 3.16. The third kappa shape index (κ3) is 3.22. The number of likely N-dealkylation sites (N-methyl/N-ethyl adjacent to an activating group) is 1. The molecule has 0 aliphatic rings. The van der Waals surface area contributed by atoms with Gasteiger partial charge >= 0.3 is 0 Å². The maximum absolute atomic E-state index is 5.42. The molecule has 0 heterocycles. The van der Waals surface area contributed by atoms with E-state index in [-0.39, 0.29) is 5.41 Å². The summed E-state index contributed by atoms with van der Waals surface area (Å²) in [5.41, 5.74) is 2.79. The zero-order valence-corrected chi connectivity index (χ0v) is 11.9. The molecule has 0 spiro atoms. The number of hydrogen-bond donors (Lipinski definition) is 1. The van der Waals surface area contributed by atoms with E-state index in [1.807, 2.05) is 7.05 Å². The minimum Gasteiger partial charge on any atom is -0.496 e. The standard InChI is InChI=1S/C15H25NO/c1-11(2)13-9-12(7-8-14(13)17-6)15(3,4)10-16-5/h7-9,11,16H,10H2,1-6H3. The summed E-state index contributed by atoms with van der Waals surface area (Å²) >= 11 is 0. The Hall–Kier alpha value is -1.02. The molecule has 1 aromatic carbocycles. The highest BCUT2D eigenvalue weighted by molar-refractivity contribution is 5.41. The van der Waals surface area contributed by atoms with Crippen molar-refractivity contribution in [3.05, 3.63) is 29.3 Å². The zero-order valence-electron chi connectivity index (χ0n) is 11.9. The average Bonchev–Trinajstić information content (AvgIpc) is 2.28. The zero-order chi connectivity index (χ0) is 13.1. The number of methoxy groups -OCH3 is 1. The number of nitrogens with one attached hydrogen (secondary N) is 1. The highest BCUT2D eigenvalue weighted by Gasteiger charge is 2.21. The van der Waals surface area contributed by atoms with Crippen LogP contribution in [0.1, 0.15) is 44.7 Å². The van der Waals surface area contributed by atoms with Gasteiger partial charge in [0.1, 0.15) is 5.75 Å². The first-order valence-electron chi connectivity index (χ1n) is 6.25. The predicted molar refractivity (Wildman–Crippen MR) is 74.0 cm³/mol. The minimum absolute atomic E-state index is 0.144. The molecule has 0 saturated carbocycles. The van der Waals surface area contributed by atoms with Crippen LogP contribution in [0.2, 0.25) is 0 Å². The Morgan fingerprint density at radius 3 is 2.41 bits per heavy atom. The summed E-state index contributed by atoms with van der Waals surface area (Å²) in [6.07, 6.45) is 0. The lowest BCUT2D eigenvalue weighted by atomic mass is 9.82. The Kier molecular flexibility index (Phi) is 4.58. The van der Waals surface area contributed by atoms with Crippen LogP contribution in [0.3, 0.4) is 0 Å². The van der Waals surface area contributed by atoms with E-state index >= 15 is 0 Å². The first kappa shape index (κ1) is 14.0. The summed E-state index contributed by atoms with van der Waals surface area (Å²) in [4.78, 5) is 0. The van der Waals surface area contributed by atoms with Crippen LogP contribution in [0.25, 0.3) is 0 Å². The Bertz CT molecular complexity index is 369. The number of rotatable bonds is 5. The van der Waals surface area contributed by atoms with Crippen molar-refractivity contribution in [3.8, 4) is 5.75 Å². The molecule has 0 fully saturated rings. The van der Waals surface area contributed by atoms with Crippen molar-refractivity contribution in [3.63, 3.8) is 0 Å². The molecular weight excluding hydrogens is 210 g/mol. The topological polar surface area (TPSA) is 21.3 Å². The van der Waals surface area contributed by atoms with Gasteiger partial charge in [0.05, 0.1) is 7.11 Å². The average molecular weight is 235 g/mol. The molecule has 17 heavy (non-hydrogen) atoms. The molecule has 0 amide bonds. The second kappa shape index (κ2) is 5.54. The fourth-order valence-corrected chi connectivity index (χ4v) is 2.15. The van der Waals surface area contributed by atoms with Gasteiger partial charge in [-0.25, -0.2) is 0 Å². The molecule has 2 heteroatoms.